The molecular formula is C23H26N6O4S. The molecule has 2 amide bonds. The van der Waals surface area contributed by atoms with E-state index >= 15 is 0 Å². The van der Waals surface area contributed by atoms with Crippen molar-refractivity contribution in [3.63, 3.8) is 0 Å². The number of rotatable bonds is 5. The standard InChI is InChI=1S/C23H26N6O4S/c30-21(31)15-1-3-16(4-2-15)24-23(32)25-17-5-8-29(9-6-17)22-26-18-7-14-34-19(18)20(27-22)28-10-12-33-13-11-28/h1-4,7,14,17H,5-6,8-13H2,(H,30,31)(H2,24,25,32). The molecule has 0 saturated carbocycles. The number of aromatic carboxylic acids is 1. The molecule has 0 radical (unpaired) electrons. The number of nitrogens with one attached hydrogen (secondary N) is 2. The average Bonchev–Trinajstić information content (AvgIpc) is 3.33. The van der Waals surface area contributed by atoms with Crippen LogP contribution in [0.5, 0.6) is 0 Å². The number of carboxylic acid groups (broad SMARTS) is 1. The Balaban J connectivity index is 1.19. The smallest absolute Gasteiger partial charge is 0.335 e. The molecule has 2 aliphatic heterocycles. The molecule has 0 aliphatic carbocycles. The molecular weight excluding hydrogens is 456 g/mol. The number of thiophene rings is 1. The maximum atomic E-state index is 12.4. The molecule has 5 rings (SSSR count). The number of hydrogen-bond acceptors (Lipinski definition) is 8. The van der Waals surface area contributed by atoms with E-state index < -0.39 is 5.97 Å². The highest BCUT2D eigenvalue weighted by Gasteiger charge is 2.25. The van der Waals surface area contributed by atoms with Crippen LogP contribution in [0, 0.1) is 0 Å². The molecule has 2 fully saturated rings. The summed E-state index contributed by atoms with van der Waals surface area (Å²) in [6.07, 6.45) is 1.56. The number of aromatic nitrogens is 2. The topological polar surface area (TPSA) is 120 Å². The van der Waals surface area contributed by atoms with Crippen molar-refractivity contribution in [2.75, 3.05) is 54.5 Å². The highest BCUT2D eigenvalue weighted by molar-refractivity contribution is 7.17. The first-order valence-corrected chi connectivity index (χ1v) is 12.2. The number of nitrogens with zero attached hydrogens (tertiary/aromatic N) is 4. The zero-order valence-corrected chi connectivity index (χ0v) is 19.4. The summed E-state index contributed by atoms with van der Waals surface area (Å²) in [5.74, 6) is 0.711. The van der Waals surface area contributed by atoms with Gasteiger partial charge in [0.05, 0.1) is 29.0 Å². The molecule has 34 heavy (non-hydrogen) atoms. The lowest BCUT2D eigenvalue weighted by Gasteiger charge is -2.33. The van der Waals surface area contributed by atoms with Crippen molar-refractivity contribution in [1.82, 2.24) is 15.3 Å². The van der Waals surface area contributed by atoms with Crippen LogP contribution >= 0.6 is 11.3 Å². The molecule has 2 saturated heterocycles. The molecule has 0 spiro atoms. The first kappa shape index (κ1) is 22.4. The van der Waals surface area contributed by atoms with Gasteiger partial charge in [0.15, 0.2) is 5.82 Å². The van der Waals surface area contributed by atoms with Crippen molar-refractivity contribution in [3.05, 3.63) is 41.3 Å². The SMILES string of the molecule is O=C(Nc1ccc(C(=O)O)cc1)NC1CCN(c2nc(N3CCOCC3)c3sccc3n2)CC1. The van der Waals surface area contributed by atoms with E-state index in [-0.39, 0.29) is 17.6 Å². The van der Waals surface area contributed by atoms with Crippen LogP contribution in [0.25, 0.3) is 10.2 Å². The van der Waals surface area contributed by atoms with Crippen LogP contribution < -0.4 is 20.4 Å². The monoisotopic (exact) mass is 482 g/mol. The summed E-state index contributed by atoms with van der Waals surface area (Å²) in [5.41, 5.74) is 1.69. The lowest BCUT2D eigenvalue weighted by atomic mass is 10.1. The summed E-state index contributed by atoms with van der Waals surface area (Å²) in [5, 5.41) is 16.8. The first-order chi connectivity index (χ1) is 16.6. The van der Waals surface area contributed by atoms with Gasteiger partial charge in [-0.3, -0.25) is 0 Å². The third kappa shape index (κ3) is 4.90. The zero-order chi connectivity index (χ0) is 23.5. The third-order valence-electron chi connectivity index (χ3n) is 6.09. The summed E-state index contributed by atoms with van der Waals surface area (Å²) in [7, 11) is 0. The molecule has 2 aliphatic rings. The normalized spacial score (nSPS) is 17.1. The Morgan fingerprint density at radius 3 is 2.44 bits per heavy atom. The minimum atomic E-state index is -0.998. The number of hydrogen-bond donors (Lipinski definition) is 3. The van der Waals surface area contributed by atoms with Gasteiger partial charge in [-0.15, -0.1) is 11.3 Å². The van der Waals surface area contributed by atoms with E-state index in [9.17, 15) is 9.59 Å². The number of carbonyl (C=O) groups is 2. The van der Waals surface area contributed by atoms with Gasteiger partial charge in [0.25, 0.3) is 0 Å². The van der Waals surface area contributed by atoms with Gasteiger partial charge in [-0.1, -0.05) is 0 Å². The van der Waals surface area contributed by atoms with Crippen LogP contribution in [0.3, 0.4) is 0 Å². The van der Waals surface area contributed by atoms with Gasteiger partial charge in [0.2, 0.25) is 5.95 Å². The van der Waals surface area contributed by atoms with Gasteiger partial charge in [0.1, 0.15) is 0 Å². The number of ether oxygens (including phenoxy) is 1. The van der Waals surface area contributed by atoms with Crippen molar-refractivity contribution in [2.45, 2.75) is 18.9 Å². The predicted octanol–water partition coefficient (Wildman–Crippen LogP) is 3.02. The Morgan fingerprint density at radius 1 is 1.00 bits per heavy atom. The summed E-state index contributed by atoms with van der Waals surface area (Å²) >= 11 is 1.66. The Hall–Kier alpha value is -3.44. The molecule has 11 heteroatoms. The van der Waals surface area contributed by atoms with Gasteiger partial charge < -0.3 is 30.3 Å². The Morgan fingerprint density at radius 2 is 1.74 bits per heavy atom. The van der Waals surface area contributed by atoms with Crippen LogP contribution in [0.1, 0.15) is 23.2 Å². The second kappa shape index (κ2) is 9.82. The largest absolute Gasteiger partial charge is 0.478 e. The van der Waals surface area contributed by atoms with Gasteiger partial charge in [-0.05, 0) is 48.6 Å². The fourth-order valence-corrected chi connectivity index (χ4v) is 5.09. The Labute approximate surface area is 200 Å². The minimum absolute atomic E-state index is 0.0399. The second-order valence-electron chi connectivity index (χ2n) is 8.32. The number of fused-ring (bicyclic) bond motifs is 1. The van der Waals surface area contributed by atoms with E-state index in [0.29, 0.717) is 18.9 Å². The molecule has 1 aromatic carbocycles. The molecule has 3 N–H and O–H groups in total. The summed E-state index contributed by atoms with van der Waals surface area (Å²) in [6.45, 7) is 4.55. The van der Waals surface area contributed by atoms with Gasteiger partial charge in [-0.25, -0.2) is 14.6 Å². The van der Waals surface area contributed by atoms with Crippen LogP contribution in [0.2, 0.25) is 0 Å². The summed E-state index contributed by atoms with van der Waals surface area (Å²) in [4.78, 5) is 37.5. The van der Waals surface area contributed by atoms with Crippen LogP contribution in [0.15, 0.2) is 35.7 Å². The predicted molar refractivity (Wildman–Crippen MR) is 131 cm³/mol. The lowest BCUT2D eigenvalue weighted by Crippen LogP contribution is -2.46. The minimum Gasteiger partial charge on any atom is -0.478 e. The number of piperidine rings is 1. The second-order valence-corrected chi connectivity index (χ2v) is 9.24. The zero-order valence-electron chi connectivity index (χ0n) is 18.6. The van der Waals surface area contributed by atoms with E-state index in [4.69, 9.17) is 19.8 Å². The quantitative estimate of drug-likeness (QED) is 0.508. The Bertz CT molecular complexity index is 1170. The number of anilines is 3. The van der Waals surface area contributed by atoms with Crippen molar-refractivity contribution in [1.29, 1.82) is 0 Å². The molecule has 0 unspecified atom stereocenters. The fourth-order valence-electron chi connectivity index (χ4n) is 4.24. The summed E-state index contributed by atoms with van der Waals surface area (Å²) < 4.78 is 6.61. The van der Waals surface area contributed by atoms with E-state index in [0.717, 1.165) is 61.0 Å². The van der Waals surface area contributed by atoms with Crippen molar-refractivity contribution in [3.8, 4) is 0 Å². The van der Waals surface area contributed by atoms with Crippen molar-refractivity contribution < 1.29 is 19.4 Å². The number of amides is 2. The molecule has 0 atom stereocenters. The van der Waals surface area contributed by atoms with E-state index in [1.165, 1.54) is 12.1 Å². The van der Waals surface area contributed by atoms with E-state index in [2.05, 4.69) is 25.8 Å². The number of urea groups is 1. The van der Waals surface area contributed by atoms with Crippen molar-refractivity contribution >= 4 is 51.0 Å². The van der Waals surface area contributed by atoms with E-state index in [1.54, 1.807) is 23.5 Å². The lowest BCUT2D eigenvalue weighted by molar-refractivity contribution is 0.0697. The number of morpholine rings is 1. The van der Waals surface area contributed by atoms with E-state index in [1.807, 2.05) is 6.07 Å². The molecule has 178 valence electrons. The van der Waals surface area contributed by atoms with Gasteiger partial charge in [0, 0.05) is 37.9 Å². The highest BCUT2D eigenvalue weighted by atomic mass is 32.1. The van der Waals surface area contributed by atoms with Gasteiger partial charge in [-0.2, -0.15) is 4.98 Å². The van der Waals surface area contributed by atoms with Crippen LogP contribution in [0.4, 0.5) is 22.2 Å². The number of benzene rings is 1. The molecule has 10 nitrogen and oxygen atoms in total. The van der Waals surface area contributed by atoms with Crippen LogP contribution in [-0.2, 0) is 4.74 Å². The number of carbonyl (C=O) groups excluding carboxylic acids is 1. The van der Waals surface area contributed by atoms with Crippen LogP contribution in [-0.4, -0.2) is 72.5 Å². The molecule has 0 bridgehead atoms. The third-order valence-corrected chi connectivity index (χ3v) is 6.99. The van der Waals surface area contributed by atoms with Crippen molar-refractivity contribution in [2.24, 2.45) is 0 Å². The summed E-state index contributed by atoms with van der Waals surface area (Å²) in [6, 6.07) is 7.87. The first-order valence-electron chi connectivity index (χ1n) is 11.3. The fraction of sp³-hybridized carbons (Fsp3) is 0.391. The maximum Gasteiger partial charge on any atom is 0.335 e. The highest BCUT2D eigenvalue weighted by Crippen LogP contribution is 2.32. The number of carboxylic acids is 1. The molecule has 4 heterocycles. The Kier molecular flexibility index (Phi) is 6.45. The molecule has 3 aromatic rings. The average molecular weight is 483 g/mol. The molecule has 2 aromatic heterocycles. The maximum absolute atomic E-state index is 12.4. The van der Waals surface area contributed by atoms with Gasteiger partial charge >= 0.3 is 12.0 Å².